The third-order valence-electron chi connectivity index (χ3n) is 3.12. The Morgan fingerprint density at radius 3 is 2.88 bits per heavy atom. The predicted molar refractivity (Wildman–Crippen MR) is 107 cm³/mol. The molecule has 0 radical (unpaired) electrons. The van der Waals surface area contributed by atoms with Gasteiger partial charge in [-0.3, -0.25) is 0 Å². The van der Waals surface area contributed by atoms with E-state index in [0.717, 1.165) is 18.8 Å². The van der Waals surface area contributed by atoms with E-state index in [-0.39, 0.29) is 12.6 Å². The first-order chi connectivity index (χ1) is 11.5. The number of benzene rings is 1. The highest BCUT2D eigenvalue weighted by Crippen LogP contribution is 2.33. The van der Waals surface area contributed by atoms with Gasteiger partial charge in [0.15, 0.2) is 20.5 Å². The molecule has 2 N–H and O–H groups in total. The van der Waals surface area contributed by atoms with Crippen molar-refractivity contribution in [2.75, 3.05) is 11.9 Å². The Morgan fingerprint density at radius 1 is 1.29 bits per heavy atom. The van der Waals surface area contributed by atoms with Crippen molar-refractivity contribution >= 4 is 71.1 Å². The summed E-state index contributed by atoms with van der Waals surface area (Å²) in [6.07, 6.45) is 0. The van der Waals surface area contributed by atoms with E-state index in [9.17, 15) is 5.11 Å². The van der Waals surface area contributed by atoms with Crippen molar-refractivity contribution in [3.05, 3.63) is 38.2 Å². The molecule has 5 nitrogen and oxygen atoms in total. The van der Waals surface area contributed by atoms with Crippen LogP contribution in [0, 0.1) is 0 Å². The van der Waals surface area contributed by atoms with Gasteiger partial charge in [0.2, 0.25) is 0 Å². The second kappa shape index (κ2) is 8.09. The normalized spacial score (nSPS) is 12.5. The molecule has 0 spiro atoms. The van der Waals surface area contributed by atoms with Gasteiger partial charge < -0.3 is 10.4 Å². The second-order valence-electron chi connectivity index (χ2n) is 5.12. The second-order valence-corrected chi connectivity index (χ2v) is 9.25. The third-order valence-corrected chi connectivity index (χ3v) is 6.04. The van der Waals surface area contributed by atoms with E-state index >= 15 is 0 Å². The Labute approximate surface area is 164 Å². The van der Waals surface area contributed by atoms with Gasteiger partial charge in [-0.2, -0.15) is 0 Å². The SMILES string of the molecule is C[C@H](CO)Nc1nc(SCc2cccc(Br)c2)nc2nc(Br)sc12. The molecule has 0 amide bonds. The molecule has 0 aliphatic carbocycles. The van der Waals surface area contributed by atoms with Gasteiger partial charge in [-0.25, -0.2) is 15.0 Å². The first kappa shape index (κ1) is 18.1. The van der Waals surface area contributed by atoms with Gasteiger partial charge >= 0.3 is 0 Å². The van der Waals surface area contributed by atoms with E-state index < -0.39 is 0 Å². The maximum Gasteiger partial charge on any atom is 0.191 e. The summed E-state index contributed by atoms with van der Waals surface area (Å²) in [5.41, 5.74) is 1.85. The molecule has 0 aliphatic rings. The topological polar surface area (TPSA) is 70.9 Å². The van der Waals surface area contributed by atoms with Gasteiger partial charge in [-0.1, -0.05) is 39.8 Å². The van der Waals surface area contributed by atoms with Crippen LogP contribution in [0.1, 0.15) is 12.5 Å². The van der Waals surface area contributed by atoms with Crippen molar-refractivity contribution in [2.24, 2.45) is 0 Å². The largest absolute Gasteiger partial charge is 0.394 e. The van der Waals surface area contributed by atoms with E-state index in [0.29, 0.717) is 16.6 Å². The number of nitrogens with zero attached hydrogens (tertiary/aromatic N) is 3. The van der Waals surface area contributed by atoms with Crippen molar-refractivity contribution in [2.45, 2.75) is 23.9 Å². The maximum atomic E-state index is 9.28. The molecule has 126 valence electrons. The average Bonchev–Trinajstić information content (AvgIpc) is 2.93. The van der Waals surface area contributed by atoms with Gasteiger partial charge in [-0.05, 0) is 40.5 Å². The molecule has 24 heavy (non-hydrogen) atoms. The first-order valence-corrected chi connectivity index (χ1v) is 10.5. The summed E-state index contributed by atoms with van der Waals surface area (Å²) in [6.45, 7) is 1.93. The van der Waals surface area contributed by atoms with Crippen LogP contribution in [0.25, 0.3) is 10.3 Å². The molecule has 0 aliphatic heterocycles. The molecular formula is C15H14Br2N4OS2. The van der Waals surface area contributed by atoms with Crippen LogP contribution in [0.15, 0.2) is 37.8 Å². The first-order valence-electron chi connectivity index (χ1n) is 7.14. The molecular weight excluding hydrogens is 476 g/mol. The Kier molecular flexibility index (Phi) is 6.09. The zero-order chi connectivity index (χ0) is 17.1. The van der Waals surface area contributed by atoms with Crippen LogP contribution in [0.5, 0.6) is 0 Å². The zero-order valence-electron chi connectivity index (χ0n) is 12.7. The minimum atomic E-state index is -0.0908. The summed E-state index contributed by atoms with van der Waals surface area (Å²) in [6, 6.07) is 8.08. The molecule has 9 heteroatoms. The van der Waals surface area contributed by atoms with Gasteiger partial charge in [0, 0.05) is 16.3 Å². The molecule has 2 heterocycles. The summed E-state index contributed by atoms with van der Waals surface area (Å²) >= 11 is 9.92. The van der Waals surface area contributed by atoms with Gasteiger partial charge in [-0.15, -0.1) is 11.3 Å². The molecule has 0 saturated carbocycles. The molecule has 0 unspecified atom stereocenters. The molecule has 0 saturated heterocycles. The van der Waals surface area contributed by atoms with Gasteiger partial charge in [0.1, 0.15) is 4.70 Å². The number of anilines is 1. The highest BCUT2D eigenvalue weighted by Gasteiger charge is 2.14. The fraction of sp³-hybridized carbons (Fsp3) is 0.267. The third kappa shape index (κ3) is 4.45. The summed E-state index contributed by atoms with van der Waals surface area (Å²) in [4.78, 5) is 13.5. The lowest BCUT2D eigenvalue weighted by Gasteiger charge is -2.12. The molecule has 3 rings (SSSR count). The van der Waals surface area contributed by atoms with Gasteiger partial charge in [0.05, 0.1) is 6.61 Å². The Balaban J connectivity index is 1.87. The van der Waals surface area contributed by atoms with Crippen molar-refractivity contribution in [3.63, 3.8) is 0 Å². The van der Waals surface area contributed by atoms with Crippen molar-refractivity contribution in [1.29, 1.82) is 0 Å². The standard InChI is InChI=1S/C15H14Br2N4OS2/c1-8(6-22)18-12-11-13(19-14(17)24-11)21-15(20-12)23-7-9-3-2-4-10(16)5-9/h2-5,8,22H,6-7H2,1H3,(H,18,20,21)/t8-/m1/s1. The summed E-state index contributed by atoms with van der Waals surface area (Å²) in [7, 11) is 0. The quantitative estimate of drug-likeness (QED) is 0.386. The Hall–Kier alpha value is -0.740. The minimum absolute atomic E-state index is 0.0337. The van der Waals surface area contributed by atoms with E-state index in [1.54, 1.807) is 11.8 Å². The molecule has 0 bridgehead atoms. The summed E-state index contributed by atoms with van der Waals surface area (Å²) < 4.78 is 2.70. The minimum Gasteiger partial charge on any atom is -0.394 e. The van der Waals surface area contributed by atoms with Crippen LogP contribution in [0.3, 0.4) is 0 Å². The number of thioether (sulfide) groups is 1. The lowest BCUT2D eigenvalue weighted by Crippen LogP contribution is -2.20. The fourth-order valence-corrected chi connectivity index (χ4v) is 4.56. The number of aromatic nitrogens is 3. The van der Waals surface area contributed by atoms with Crippen LogP contribution in [-0.2, 0) is 5.75 Å². The number of rotatable bonds is 6. The highest BCUT2D eigenvalue weighted by atomic mass is 79.9. The average molecular weight is 490 g/mol. The number of halogens is 2. The maximum absolute atomic E-state index is 9.28. The van der Waals surface area contributed by atoms with Crippen molar-refractivity contribution < 1.29 is 5.11 Å². The van der Waals surface area contributed by atoms with Crippen LogP contribution >= 0.6 is 55.0 Å². The predicted octanol–water partition coefficient (Wildman–Crippen LogP) is 4.70. The van der Waals surface area contributed by atoms with E-state index in [1.807, 2.05) is 19.1 Å². The zero-order valence-corrected chi connectivity index (χ0v) is 17.5. The smallest absolute Gasteiger partial charge is 0.191 e. The lowest BCUT2D eigenvalue weighted by atomic mass is 10.2. The summed E-state index contributed by atoms with van der Waals surface area (Å²) in [5.74, 6) is 1.48. The lowest BCUT2D eigenvalue weighted by molar-refractivity contribution is 0.281. The molecule has 2 aromatic heterocycles. The number of hydrogen-bond donors (Lipinski definition) is 2. The van der Waals surface area contributed by atoms with E-state index in [4.69, 9.17) is 0 Å². The molecule has 3 aromatic rings. The van der Waals surface area contributed by atoms with E-state index in [1.165, 1.54) is 16.9 Å². The van der Waals surface area contributed by atoms with Crippen LogP contribution in [0.4, 0.5) is 5.82 Å². The van der Waals surface area contributed by atoms with Crippen molar-refractivity contribution in [3.8, 4) is 0 Å². The monoisotopic (exact) mass is 488 g/mol. The number of fused-ring (bicyclic) bond motifs is 1. The highest BCUT2D eigenvalue weighted by molar-refractivity contribution is 9.11. The number of hydrogen-bond acceptors (Lipinski definition) is 7. The molecule has 1 atom stereocenters. The van der Waals surface area contributed by atoms with Crippen LogP contribution in [0.2, 0.25) is 0 Å². The molecule has 1 aromatic carbocycles. The number of thiazole rings is 1. The number of aliphatic hydroxyl groups excluding tert-OH is 1. The van der Waals surface area contributed by atoms with Crippen LogP contribution in [-0.4, -0.2) is 32.7 Å². The molecule has 0 fully saturated rings. The fourth-order valence-electron chi connectivity index (χ4n) is 1.99. The van der Waals surface area contributed by atoms with Crippen molar-refractivity contribution in [1.82, 2.24) is 15.0 Å². The Morgan fingerprint density at radius 2 is 2.12 bits per heavy atom. The van der Waals surface area contributed by atoms with E-state index in [2.05, 4.69) is 64.3 Å². The van der Waals surface area contributed by atoms with Crippen LogP contribution < -0.4 is 5.32 Å². The number of aliphatic hydroxyl groups is 1. The number of nitrogens with one attached hydrogen (secondary N) is 1. The van der Waals surface area contributed by atoms with Gasteiger partial charge in [0.25, 0.3) is 0 Å². The Bertz CT molecular complexity index is 859. The summed E-state index contributed by atoms with van der Waals surface area (Å²) in [5, 5.41) is 13.2.